The molecule has 0 aliphatic heterocycles. The predicted molar refractivity (Wildman–Crippen MR) is 77.3 cm³/mol. The van der Waals surface area contributed by atoms with Gasteiger partial charge >= 0.3 is 0 Å². The molecule has 1 N–H and O–H groups in total. The quantitative estimate of drug-likeness (QED) is 0.789. The summed E-state index contributed by atoms with van der Waals surface area (Å²) in [6.45, 7) is 2.84. The highest BCUT2D eigenvalue weighted by Gasteiger charge is 2.16. The van der Waals surface area contributed by atoms with Crippen molar-refractivity contribution in [2.45, 2.75) is 26.0 Å². The van der Waals surface area contributed by atoms with Gasteiger partial charge in [0.25, 0.3) is 0 Å². The van der Waals surface area contributed by atoms with Gasteiger partial charge in [0, 0.05) is 20.0 Å². The maximum absolute atomic E-state index is 10.4. The van der Waals surface area contributed by atoms with E-state index in [1.54, 1.807) is 12.5 Å². The van der Waals surface area contributed by atoms with Crippen LogP contribution in [0.5, 0.6) is 0 Å². The summed E-state index contributed by atoms with van der Waals surface area (Å²) in [5.41, 5.74) is 2.87. The Hall–Kier alpha value is -2.14. The molecule has 5 heteroatoms. The van der Waals surface area contributed by atoms with E-state index in [0.29, 0.717) is 6.42 Å². The molecule has 104 valence electrons. The standard InChI is InChI=1S/C15H18N4O/c1-3-19-10-16-9-13(19)14(20)8-15-17-11-6-4-5-7-12(11)18(15)2/h4-7,9-10,14,20H,3,8H2,1-2H3. The van der Waals surface area contributed by atoms with Crippen LogP contribution in [0.2, 0.25) is 0 Å². The van der Waals surface area contributed by atoms with E-state index >= 15 is 0 Å². The average Bonchev–Trinajstić information content (AvgIpc) is 3.05. The highest BCUT2D eigenvalue weighted by Crippen LogP contribution is 2.21. The first-order valence-corrected chi connectivity index (χ1v) is 6.79. The van der Waals surface area contributed by atoms with Crippen LogP contribution >= 0.6 is 0 Å². The Bertz CT molecular complexity index is 728. The number of hydrogen-bond acceptors (Lipinski definition) is 3. The van der Waals surface area contributed by atoms with Crippen molar-refractivity contribution in [2.24, 2.45) is 7.05 Å². The molecule has 20 heavy (non-hydrogen) atoms. The fraction of sp³-hybridized carbons (Fsp3) is 0.333. The van der Waals surface area contributed by atoms with Gasteiger partial charge in [-0.1, -0.05) is 12.1 Å². The number of hydrogen-bond donors (Lipinski definition) is 1. The summed E-state index contributed by atoms with van der Waals surface area (Å²) >= 11 is 0. The zero-order chi connectivity index (χ0) is 14.1. The SMILES string of the molecule is CCn1cncc1C(O)Cc1nc2ccccc2n1C. The number of para-hydroxylation sites is 2. The Balaban J connectivity index is 1.91. The minimum Gasteiger partial charge on any atom is -0.386 e. The molecule has 2 heterocycles. The number of imidazole rings is 2. The van der Waals surface area contributed by atoms with Crippen LogP contribution in [-0.4, -0.2) is 24.2 Å². The number of fused-ring (bicyclic) bond motifs is 1. The molecule has 1 aromatic carbocycles. The van der Waals surface area contributed by atoms with Gasteiger partial charge in [-0.15, -0.1) is 0 Å². The summed E-state index contributed by atoms with van der Waals surface area (Å²) in [6.07, 6.45) is 3.36. The van der Waals surface area contributed by atoms with Gasteiger partial charge in [-0.3, -0.25) is 0 Å². The Kier molecular flexibility index (Phi) is 3.28. The van der Waals surface area contributed by atoms with Crippen molar-refractivity contribution < 1.29 is 5.11 Å². The minimum absolute atomic E-state index is 0.483. The van der Waals surface area contributed by atoms with Crippen LogP contribution in [0.15, 0.2) is 36.8 Å². The highest BCUT2D eigenvalue weighted by atomic mass is 16.3. The number of rotatable bonds is 4. The summed E-state index contributed by atoms with van der Waals surface area (Å²) in [5.74, 6) is 0.877. The van der Waals surface area contributed by atoms with Crippen molar-refractivity contribution in [3.8, 4) is 0 Å². The monoisotopic (exact) mass is 270 g/mol. The molecule has 0 saturated heterocycles. The molecule has 3 rings (SSSR count). The van der Waals surface area contributed by atoms with Crippen LogP contribution in [0, 0.1) is 0 Å². The zero-order valence-electron chi connectivity index (χ0n) is 11.7. The van der Waals surface area contributed by atoms with Gasteiger partial charge < -0.3 is 14.2 Å². The van der Waals surface area contributed by atoms with E-state index in [4.69, 9.17) is 0 Å². The lowest BCUT2D eigenvalue weighted by molar-refractivity contribution is 0.165. The molecule has 5 nitrogen and oxygen atoms in total. The molecular weight excluding hydrogens is 252 g/mol. The maximum atomic E-state index is 10.4. The lowest BCUT2D eigenvalue weighted by atomic mass is 10.2. The fourth-order valence-electron chi connectivity index (χ4n) is 2.53. The number of aryl methyl sites for hydroxylation is 2. The van der Waals surface area contributed by atoms with Crippen LogP contribution in [0.25, 0.3) is 11.0 Å². The first-order valence-electron chi connectivity index (χ1n) is 6.79. The molecular formula is C15H18N4O. The average molecular weight is 270 g/mol. The van der Waals surface area contributed by atoms with Crippen molar-refractivity contribution in [1.29, 1.82) is 0 Å². The third kappa shape index (κ3) is 2.10. The molecule has 0 saturated carbocycles. The van der Waals surface area contributed by atoms with Crippen LogP contribution in [0.1, 0.15) is 24.5 Å². The van der Waals surface area contributed by atoms with Crippen LogP contribution in [0.4, 0.5) is 0 Å². The van der Waals surface area contributed by atoms with Gasteiger partial charge in [0.2, 0.25) is 0 Å². The highest BCUT2D eigenvalue weighted by molar-refractivity contribution is 5.75. The first-order chi connectivity index (χ1) is 9.70. The van der Waals surface area contributed by atoms with Crippen LogP contribution in [0.3, 0.4) is 0 Å². The second kappa shape index (κ2) is 5.09. The smallest absolute Gasteiger partial charge is 0.112 e. The third-order valence-electron chi connectivity index (χ3n) is 3.68. The number of aromatic nitrogens is 4. The second-order valence-corrected chi connectivity index (χ2v) is 4.90. The van der Waals surface area contributed by atoms with E-state index in [-0.39, 0.29) is 0 Å². The largest absolute Gasteiger partial charge is 0.386 e. The maximum Gasteiger partial charge on any atom is 0.112 e. The van der Waals surface area contributed by atoms with Gasteiger partial charge in [0.05, 0.1) is 29.3 Å². The topological polar surface area (TPSA) is 55.9 Å². The van der Waals surface area contributed by atoms with Crippen molar-refractivity contribution in [3.05, 3.63) is 48.3 Å². The molecule has 0 bridgehead atoms. The van der Waals surface area contributed by atoms with E-state index in [0.717, 1.165) is 29.1 Å². The normalized spacial score (nSPS) is 12.9. The van der Waals surface area contributed by atoms with Gasteiger partial charge in [-0.25, -0.2) is 9.97 Å². The summed E-state index contributed by atoms with van der Waals surface area (Å²) in [7, 11) is 1.98. The third-order valence-corrected chi connectivity index (χ3v) is 3.68. The molecule has 2 aromatic heterocycles. The predicted octanol–water partition coefficient (Wildman–Crippen LogP) is 2.07. The zero-order valence-corrected chi connectivity index (χ0v) is 11.7. The molecule has 0 spiro atoms. The van der Waals surface area contributed by atoms with E-state index in [1.165, 1.54) is 0 Å². The molecule has 0 radical (unpaired) electrons. The lowest BCUT2D eigenvalue weighted by Crippen LogP contribution is -2.11. The van der Waals surface area contributed by atoms with Crippen molar-refractivity contribution in [3.63, 3.8) is 0 Å². The van der Waals surface area contributed by atoms with Gasteiger partial charge in [-0.2, -0.15) is 0 Å². The lowest BCUT2D eigenvalue weighted by Gasteiger charge is -2.12. The molecule has 0 aliphatic rings. The number of aliphatic hydroxyl groups is 1. The molecule has 1 atom stereocenters. The van der Waals surface area contributed by atoms with E-state index in [1.807, 2.05) is 47.4 Å². The minimum atomic E-state index is -0.590. The second-order valence-electron chi connectivity index (χ2n) is 4.90. The van der Waals surface area contributed by atoms with Crippen LogP contribution in [-0.2, 0) is 20.0 Å². The molecule has 3 aromatic rings. The Morgan fingerprint density at radius 1 is 1.30 bits per heavy atom. The Morgan fingerprint density at radius 3 is 2.85 bits per heavy atom. The molecule has 0 fully saturated rings. The number of nitrogens with zero attached hydrogens (tertiary/aromatic N) is 4. The number of benzene rings is 1. The van der Waals surface area contributed by atoms with Crippen LogP contribution < -0.4 is 0 Å². The summed E-state index contributed by atoms with van der Waals surface area (Å²) in [6, 6.07) is 7.99. The van der Waals surface area contributed by atoms with Gasteiger partial charge in [0.15, 0.2) is 0 Å². The molecule has 0 aliphatic carbocycles. The molecule has 1 unspecified atom stereocenters. The Morgan fingerprint density at radius 2 is 2.10 bits per heavy atom. The van der Waals surface area contributed by atoms with E-state index in [2.05, 4.69) is 9.97 Å². The van der Waals surface area contributed by atoms with Crippen molar-refractivity contribution >= 4 is 11.0 Å². The van der Waals surface area contributed by atoms with E-state index < -0.39 is 6.10 Å². The Labute approximate surface area is 117 Å². The van der Waals surface area contributed by atoms with Gasteiger partial charge in [-0.05, 0) is 19.1 Å². The first kappa shape index (κ1) is 12.9. The molecule has 0 amide bonds. The summed E-state index contributed by atoms with van der Waals surface area (Å²) in [4.78, 5) is 8.69. The van der Waals surface area contributed by atoms with Gasteiger partial charge in [0.1, 0.15) is 11.9 Å². The van der Waals surface area contributed by atoms with E-state index in [9.17, 15) is 5.11 Å². The van der Waals surface area contributed by atoms with Crippen molar-refractivity contribution in [1.82, 2.24) is 19.1 Å². The summed E-state index contributed by atoms with van der Waals surface area (Å²) < 4.78 is 3.98. The summed E-state index contributed by atoms with van der Waals surface area (Å²) in [5, 5.41) is 10.4. The fourth-order valence-corrected chi connectivity index (χ4v) is 2.53. The van der Waals surface area contributed by atoms with Crippen molar-refractivity contribution in [2.75, 3.05) is 0 Å². The number of aliphatic hydroxyl groups excluding tert-OH is 1.